The van der Waals surface area contributed by atoms with Crippen LogP contribution >= 0.6 is 0 Å². The topological polar surface area (TPSA) is 98.6 Å². The molecule has 0 aliphatic carbocycles. The number of hydrogen-bond acceptors (Lipinski definition) is 5. The average Bonchev–Trinajstić information content (AvgIpc) is 2.76. The zero-order valence-corrected chi connectivity index (χ0v) is 17.9. The highest BCUT2D eigenvalue weighted by molar-refractivity contribution is 5.92. The van der Waals surface area contributed by atoms with Gasteiger partial charge in [0.1, 0.15) is 11.6 Å². The highest BCUT2D eigenvalue weighted by Gasteiger charge is 2.29. The van der Waals surface area contributed by atoms with Gasteiger partial charge in [0.05, 0.1) is 11.1 Å². The molecular formula is C24H28N4O3. The second kappa shape index (κ2) is 8.79. The molecule has 3 N–H and O–H groups in total. The van der Waals surface area contributed by atoms with E-state index < -0.39 is 6.09 Å². The van der Waals surface area contributed by atoms with Crippen LogP contribution in [0.4, 0.5) is 10.6 Å². The van der Waals surface area contributed by atoms with Crippen LogP contribution in [0.25, 0.3) is 22.3 Å². The second-order valence-corrected chi connectivity index (χ2v) is 8.22. The van der Waals surface area contributed by atoms with Gasteiger partial charge in [-0.2, -0.15) is 0 Å². The molecule has 1 unspecified atom stereocenters. The minimum Gasteiger partial charge on any atom is -0.507 e. The van der Waals surface area contributed by atoms with Gasteiger partial charge in [0.25, 0.3) is 0 Å². The maximum absolute atomic E-state index is 11.2. The molecule has 2 aromatic carbocycles. The molecule has 3 aromatic rings. The fourth-order valence-corrected chi connectivity index (χ4v) is 4.49. The Balaban J connectivity index is 1.77. The number of benzene rings is 2. The summed E-state index contributed by atoms with van der Waals surface area (Å²) >= 11 is 0. The number of para-hydroxylation sites is 1. The SMILES string of the molecule is CCC(NC(=O)O)[C@H]1CCCN(c2nc(-c3ccccc3O)nc3cc(C)ccc23)C1. The molecule has 0 radical (unpaired) electrons. The smallest absolute Gasteiger partial charge is 0.404 e. The monoisotopic (exact) mass is 420 g/mol. The van der Waals surface area contributed by atoms with E-state index in [0.717, 1.165) is 54.6 Å². The molecular weight excluding hydrogens is 392 g/mol. The largest absolute Gasteiger partial charge is 0.507 e. The van der Waals surface area contributed by atoms with Crippen molar-refractivity contribution in [3.63, 3.8) is 0 Å². The molecule has 162 valence electrons. The molecule has 0 saturated carbocycles. The third kappa shape index (κ3) is 4.40. The van der Waals surface area contributed by atoms with Crippen LogP contribution < -0.4 is 10.2 Å². The molecule has 0 spiro atoms. The summed E-state index contributed by atoms with van der Waals surface area (Å²) in [6.07, 6.45) is 1.71. The van der Waals surface area contributed by atoms with Crippen LogP contribution in [-0.2, 0) is 0 Å². The molecule has 2 heterocycles. The highest BCUT2D eigenvalue weighted by Crippen LogP contribution is 2.34. The molecule has 4 rings (SSSR count). The number of anilines is 1. The van der Waals surface area contributed by atoms with Gasteiger partial charge in [-0.15, -0.1) is 0 Å². The molecule has 2 atom stereocenters. The molecule has 1 saturated heterocycles. The number of piperidine rings is 1. The van der Waals surface area contributed by atoms with E-state index >= 15 is 0 Å². The van der Waals surface area contributed by atoms with Crippen LogP contribution in [0, 0.1) is 12.8 Å². The molecule has 1 fully saturated rings. The number of carbonyl (C=O) groups is 1. The van der Waals surface area contributed by atoms with Crippen molar-refractivity contribution in [1.82, 2.24) is 15.3 Å². The Morgan fingerprint density at radius 3 is 2.81 bits per heavy atom. The fraction of sp³-hybridized carbons (Fsp3) is 0.375. The lowest BCUT2D eigenvalue weighted by Gasteiger charge is -2.37. The van der Waals surface area contributed by atoms with Crippen molar-refractivity contribution in [3.05, 3.63) is 48.0 Å². The number of aryl methyl sites for hydroxylation is 1. The number of hydrogen-bond donors (Lipinski definition) is 3. The summed E-state index contributed by atoms with van der Waals surface area (Å²) in [7, 11) is 0. The molecule has 7 heteroatoms. The zero-order chi connectivity index (χ0) is 22.0. The van der Waals surface area contributed by atoms with Gasteiger partial charge in [0.15, 0.2) is 5.82 Å². The Morgan fingerprint density at radius 2 is 2.06 bits per heavy atom. The Hall–Kier alpha value is -3.35. The van der Waals surface area contributed by atoms with Gasteiger partial charge in [-0.25, -0.2) is 14.8 Å². The number of carboxylic acid groups (broad SMARTS) is 1. The minimum absolute atomic E-state index is 0.0896. The van der Waals surface area contributed by atoms with Gasteiger partial charge in [0.2, 0.25) is 0 Å². The van der Waals surface area contributed by atoms with Crippen molar-refractivity contribution < 1.29 is 15.0 Å². The number of nitrogens with one attached hydrogen (secondary N) is 1. The summed E-state index contributed by atoms with van der Waals surface area (Å²) in [6, 6.07) is 13.1. The quantitative estimate of drug-likeness (QED) is 0.559. The molecule has 1 aliphatic rings. The minimum atomic E-state index is -0.978. The second-order valence-electron chi connectivity index (χ2n) is 8.22. The Bertz CT molecular complexity index is 1100. The van der Waals surface area contributed by atoms with Gasteiger partial charge in [-0.1, -0.05) is 25.1 Å². The fourth-order valence-electron chi connectivity index (χ4n) is 4.49. The highest BCUT2D eigenvalue weighted by atomic mass is 16.4. The summed E-state index contributed by atoms with van der Waals surface area (Å²) in [4.78, 5) is 23.1. The predicted molar refractivity (Wildman–Crippen MR) is 122 cm³/mol. The predicted octanol–water partition coefficient (Wildman–Crippen LogP) is 4.57. The van der Waals surface area contributed by atoms with Crippen LogP contribution in [0.2, 0.25) is 0 Å². The van der Waals surface area contributed by atoms with Crippen molar-refractivity contribution in [2.24, 2.45) is 5.92 Å². The first-order valence-corrected chi connectivity index (χ1v) is 10.8. The number of phenols is 1. The zero-order valence-electron chi connectivity index (χ0n) is 17.9. The first kappa shape index (κ1) is 20.9. The molecule has 7 nitrogen and oxygen atoms in total. The van der Waals surface area contributed by atoms with Gasteiger partial charge in [0, 0.05) is 24.5 Å². The van der Waals surface area contributed by atoms with Crippen molar-refractivity contribution in [2.75, 3.05) is 18.0 Å². The van der Waals surface area contributed by atoms with E-state index in [1.807, 2.05) is 38.1 Å². The maximum Gasteiger partial charge on any atom is 0.404 e. The average molecular weight is 421 g/mol. The summed E-state index contributed by atoms with van der Waals surface area (Å²) in [6.45, 7) is 5.61. The Morgan fingerprint density at radius 1 is 1.26 bits per heavy atom. The van der Waals surface area contributed by atoms with E-state index in [-0.39, 0.29) is 17.7 Å². The lowest BCUT2D eigenvalue weighted by atomic mass is 9.89. The lowest BCUT2D eigenvalue weighted by molar-refractivity contribution is 0.180. The van der Waals surface area contributed by atoms with Gasteiger partial charge in [-0.05, 0) is 61.9 Å². The number of rotatable bonds is 5. The first-order valence-electron chi connectivity index (χ1n) is 10.8. The van der Waals surface area contributed by atoms with Crippen LogP contribution in [-0.4, -0.2) is 45.4 Å². The van der Waals surface area contributed by atoms with Crippen LogP contribution in [0.3, 0.4) is 0 Å². The van der Waals surface area contributed by atoms with Crippen molar-refractivity contribution in [1.29, 1.82) is 0 Å². The first-order chi connectivity index (χ1) is 15.0. The Labute approximate surface area is 181 Å². The van der Waals surface area contributed by atoms with Gasteiger partial charge >= 0.3 is 6.09 Å². The van der Waals surface area contributed by atoms with Crippen molar-refractivity contribution in [3.8, 4) is 17.1 Å². The Kier molecular flexibility index (Phi) is 5.93. The van der Waals surface area contributed by atoms with E-state index in [2.05, 4.69) is 16.3 Å². The van der Waals surface area contributed by atoms with E-state index in [1.165, 1.54) is 0 Å². The van der Waals surface area contributed by atoms with Crippen LogP contribution in [0.1, 0.15) is 31.7 Å². The molecule has 1 aromatic heterocycles. The normalized spacial score (nSPS) is 17.5. The lowest BCUT2D eigenvalue weighted by Crippen LogP contribution is -2.47. The van der Waals surface area contributed by atoms with E-state index in [4.69, 9.17) is 9.97 Å². The van der Waals surface area contributed by atoms with Gasteiger partial charge in [-0.3, -0.25) is 0 Å². The standard InChI is InChI=1S/C24H28N4O3/c1-3-19(26-24(30)31)16-7-6-12-28(14-16)23-17-11-10-15(2)13-20(17)25-22(27-23)18-8-4-5-9-21(18)29/h4-5,8-11,13,16,19,26,29H,3,6-7,12,14H2,1-2H3,(H,30,31)/t16-,19?/m0/s1. The summed E-state index contributed by atoms with van der Waals surface area (Å²) in [5.41, 5.74) is 2.54. The number of amides is 1. The summed E-state index contributed by atoms with van der Waals surface area (Å²) in [5, 5.41) is 23.2. The summed E-state index contributed by atoms with van der Waals surface area (Å²) < 4.78 is 0. The number of phenolic OH excluding ortho intramolecular Hbond substituents is 1. The van der Waals surface area contributed by atoms with Crippen LogP contribution in [0.15, 0.2) is 42.5 Å². The van der Waals surface area contributed by atoms with Crippen molar-refractivity contribution in [2.45, 2.75) is 39.2 Å². The van der Waals surface area contributed by atoms with Gasteiger partial charge < -0.3 is 20.4 Å². The third-order valence-corrected chi connectivity index (χ3v) is 6.05. The third-order valence-electron chi connectivity index (χ3n) is 6.05. The number of aromatic hydroxyl groups is 1. The number of fused-ring (bicyclic) bond motifs is 1. The van der Waals surface area contributed by atoms with E-state index in [9.17, 15) is 15.0 Å². The molecule has 1 amide bonds. The molecule has 31 heavy (non-hydrogen) atoms. The van der Waals surface area contributed by atoms with Crippen LogP contribution in [0.5, 0.6) is 5.75 Å². The number of aromatic nitrogens is 2. The van der Waals surface area contributed by atoms with Crippen molar-refractivity contribution >= 4 is 22.8 Å². The summed E-state index contributed by atoms with van der Waals surface area (Å²) in [5.74, 6) is 1.68. The van der Waals surface area contributed by atoms with E-state index in [0.29, 0.717) is 11.4 Å². The molecule has 1 aliphatic heterocycles. The molecule has 0 bridgehead atoms. The maximum atomic E-state index is 11.2. The van der Waals surface area contributed by atoms with E-state index in [1.54, 1.807) is 12.1 Å². The number of nitrogens with zero attached hydrogens (tertiary/aromatic N) is 3.